The van der Waals surface area contributed by atoms with Gasteiger partial charge in [-0.25, -0.2) is 0 Å². The van der Waals surface area contributed by atoms with Gasteiger partial charge in [0.2, 0.25) is 0 Å². The third kappa shape index (κ3) is 7.90. The van der Waals surface area contributed by atoms with Gasteiger partial charge in [-0.15, -0.1) is 0 Å². The van der Waals surface area contributed by atoms with Gasteiger partial charge >= 0.3 is 0 Å². The van der Waals surface area contributed by atoms with Crippen LogP contribution in [0.2, 0.25) is 0 Å². The molecule has 0 aromatic carbocycles. The van der Waals surface area contributed by atoms with E-state index in [2.05, 4.69) is 27.7 Å². The second-order valence-corrected chi connectivity index (χ2v) is 4.22. The summed E-state index contributed by atoms with van der Waals surface area (Å²) in [6, 6.07) is 0. The Balaban J connectivity index is 3.15. The fourth-order valence-electron chi connectivity index (χ4n) is 1.31. The summed E-state index contributed by atoms with van der Waals surface area (Å²) in [5.41, 5.74) is 0. The van der Waals surface area contributed by atoms with E-state index < -0.39 is 0 Å². The molecule has 0 radical (unpaired) electrons. The number of unbranched alkanes of at least 4 members (excludes halogenated alkanes) is 1. The first-order valence-electron chi connectivity index (χ1n) is 5.16. The zero-order valence-electron chi connectivity index (χ0n) is 8.69. The summed E-state index contributed by atoms with van der Waals surface area (Å²) in [4.78, 5) is 0. The van der Waals surface area contributed by atoms with E-state index in [1.807, 2.05) is 0 Å². The summed E-state index contributed by atoms with van der Waals surface area (Å²) < 4.78 is 0. The molecule has 0 spiro atoms. The Hall–Kier alpha value is 0. The smallest absolute Gasteiger partial charge is 0.0443 e. The van der Waals surface area contributed by atoms with E-state index in [9.17, 15) is 0 Å². The molecular weight excluding hydrogens is 132 g/mol. The van der Waals surface area contributed by atoms with Crippen LogP contribution in [0.15, 0.2) is 0 Å². The largest absolute Gasteiger partial charge is 0.0654 e. The highest BCUT2D eigenvalue weighted by molar-refractivity contribution is 4.55. The molecule has 0 nitrogen and oxygen atoms in total. The van der Waals surface area contributed by atoms with Crippen LogP contribution in [-0.4, -0.2) is 0 Å². The fraction of sp³-hybridized carbons (Fsp3) is 1.00. The number of rotatable bonds is 6. The van der Waals surface area contributed by atoms with Gasteiger partial charge in [-0.2, -0.15) is 0 Å². The standard InChI is InChI=1S/C11H24/c1-5-6-7-11(4)9-8-10(2)3/h10-11H,5-9H2,1-4H3/t11-/m0/s1. The quantitative estimate of drug-likeness (QED) is 0.539. The van der Waals surface area contributed by atoms with Crippen LogP contribution in [0.3, 0.4) is 0 Å². The average Bonchev–Trinajstić information content (AvgIpc) is 1.97. The van der Waals surface area contributed by atoms with Gasteiger partial charge in [0, 0.05) is 0 Å². The normalized spacial score (nSPS) is 13.9. The monoisotopic (exact) mass is 156 g/mol. The van der Waals surface area contributed by atoms with Crippen LogP contribution in [0.5, 0.6) is 0 Å². The lowest BCUT2D eigenvalue weighted by Crippen LogP contribution is -1.97. The van der Waals surface area contributed by atoms with Gasteiger partial charge in [0.15, 0.2) is 0 Å². The molecule has 0 amide bonds. The fourth-order valence-corrected chi connectivity index (χ4v) is 1.31. The van der Waals surface area contributed by atoms with Gasteiger partial charge in [-0.3, -0.25) is 0 Å². The highest BCUT2D eigenvalue weighted by Crippen LogP contribution is 2.16. The Morgan fingerprint density at radius 3 is 2.00 bits per heavy atom. The van der Waals surface area contributed by atoms with Gasteiger partial charge in [0.25, 0.3) is 0 Å². The molecule has 0 fully saturated rings. The average molecular weight is 156 g/mol. The number of hydrogen-bond donors (Lipinski definition) is 0. The molecule has 0 aliphatic carbocycles. The minimum atomic E-state index is 0.888. The molecule has 68 valence electrons. The molecule has 1 atom stereocenters. The SMILES string of the molecule is CCCC[C@H](C)CCC(C)C. The lowest BCUT2D eigenvalue weighted by Gasteiger charge is -2.11. The van der Waals surface area contributed by atoms with Crippen molar-refractivity contribution in [3.8, 4) is 0 Å². The lowest BCUT2D eigenvalue weighted by molar-refractivity contribution is 0.417. The summed E-state index contributed by atoms with van der Waals surface area (Å²) in [7, 11) is 0. The van der Waals surface area contributed by atoms with E-state index in [0.717, 1.165) is 11.8 Å². The summed E-state index contributed by atoms with van der Waals surface area (Å²) >= 11 is 0. The highest BCUT2D eigenvalue weighted by Gasteiger charge is 2.02. The molecule has 0 bridgehead atoms. The van der Waals surface area contributed by atoms with Crippen molar-refractivity contribution in [3.63, 3.8) is 0 Å². The maximum absolute atomic E-state index is 2.39. The predicted molar refractivity (Wildman–Crippen MR) is 52.8 cm³/mol. The Bertz CT molecular complexity index is 74.1. The summed E-state index contributed by atoms with van der Waals surface area (Å²) in [6.45, 7) is 9.28. The minimum absolute atomic E-state index is 0.888. The molecule has 0 aromatic heterocycles. The molecular formula is C11H24. The van der Waals surface area contributed by atoms with E-state index >= 15 is 0 Å². The van der Waals surface area contributed by atoms with Gasteiger partial charge in [0.05, 0.1) is 0 Å². The van der Waals surface area contributed by atoms with Crippen LogP contribution in [0.25, 0.3) is 0 Å². The second kappa shape index (κ2) is 6.69. The zero-order valence-corrected chi connectivity index (χ0v) is 8.69. The van der Waals surface area contributed by atoms with E-state index in [0.29, 0.717) is 0 Å². The molecule has 0 heterocycles. The minimum Gasteiger partial charge on any atom is -0.0654 e. The maximum Gasteiger partial charge on any atom is -0.0443 e. The van der Waals surface area contributed by atoms with Gasteiger partial charge in [-0.1, -0.05) is 59.8 Å². The second-order valence-electron chi connectivity index (χ2n) is 4.22. The van der Waals surface area contributed by atoms with Crippen LogP contribution >= 0.6 is 0 Å². The highest BCUT2D eigenvalue weighted by atomic mass is 14.1. The third-order valence-electron chi connectivity index (χ3n) is 2.29. The van der Waals surface area contributed by atoms with E-state index in [1.165, 1.54) is 32.1 Å². The Morgan fingerprint density at radius 1 is 0.909 bits per heavy atom. The zero-order chi connectivity index (χ0) is 8.69. The van der Waals surface area contributed by atoms with E-state index in [-0.39, 0.29) is 0 Å². The van der Waals surface area contributed by atoms with Crippen molar-refractivity contribution in [2.75, 3.05) is 0 Å². The van der Waals surface area contributed by atoms with Gasteiger partial charge < -0.3 is 0 Å². The van der Waals surface area contributed by atoms with Crippen molar-refractivity contribution in [2.24, 2.45) is 11.8 Å². The van der Waals surface area contributed by atoms with Crippen molar-refractivity contribution in [2.45, 2.75) is 59.8 Å². The predicted octanol–water partition coefficient (Wildman–Crippen LogP) is 4.25. The molecule has 0 aromatic rings. The first kappa shape index (κ1) is 11.0. The van der Waals surface area contributed by atoms with Gasteiger partial charge in [-0.05, 0) is 11.8 Å². The molecule has 0 saturated carbocycles. The molecule has 11 heavy (non-hydrogen) atoms. The van der Waals surface area contributed by atoms with Crippen molar-refractivity contribution in [3.05, 3.63) is 0 Å². The molecule has 0 N–H and O–H groups in total. The Morgan fingerprint density at radius 2 is 1.55 bits per heavy atom. The molecule has 0 aliphatic heterocycles. The summed E-state index contributed by atoms with van der Waals surface area (Å²) in [5, 5.41) is 0. The van der Waals surface area contributed by atoms with Crippen molar-refractivity contribution in [1.82, 2.24) is 0 Å². The van der Waals surface area contributed by atoms with Crippen molar-refractivity contribution < 1.29 is 0 Å². The molecule has 0 heteroatoms. The molecule has 0 aliphatic rings. The van der Waals surface area contributed by atoms with E-state index in [1.54, 1.807) is 0 Å². The van der Waals surface area contributed by atoms with Gasteiger partial charge in [0.1, 0.15) is 0 Å². The Kier molecular flexibility index (Phi) is 6.69. The summed E-state index contributed by atoms with van der Waals surface area (Å²) in [6.07, 6.45) is 7.04. The maximum atomic E-state index is 2.39. The van der Waals surface area contributed by atoms with Crippen LogP contribution in [0, 0.1) is 11.8 Å². The van der Waals surface area contributed by atoms with Crippen molar-refractivity contribution >= 4 is 0 Å². The van der Waals surface area contributed by atoms with E-state index in [4.69, 9.17) is 0 Å². The molecule has 0 rings (SSSR count). The molecule has 0 saturated heterocycles. The van der Waals surface area contributed by atoms with Crippen LogP contribution in [0.1, 0.15) is 59.8 Å². The topological polar surface area (TPSA) is 0 Å². The first-order chi connectivity index (χ1) is 5.16. The number of hydrogen-bond acceptors (Lipinski definition) is 0. The first-order valence-corrected chi connectivity index (χ1v) is 5.16. The van der Waals surface area contributed by atoms with Crippen molar-refractivity contribution in [1.29, 1.82) is 0 Å². The lowest BCUT2D eigenvalue weighted by atomic mass is 9.95. The Labute approximate surface area is 72.4 Å². The van der Waals surface area contributed by atoms with Crippen LogP contribution in [0.4, 0.5) is 0 Å². The third-order valence-corrected chi connectivity index (χ3v) is 2.29. The summed E-state index contributed by atoms with van der Waals surface area (Å²) in [5.74, 6) is 1.84. The van der Waals surface area contributed by atoms with Crippen LogP contribution < -0.4 is 0 Å². The molecule has 0 unspecified atom stereocenters. The van der Waals surface area contributed by atoms with Crippen LogP contribution in [-0.2, 0) is 0 Å².